The molecule has 1 N–H and O–H groups in total. The van der Waals surface area contributed by atoms with Crippen molar-refractivity contribution in [1.29, 1.82) is 0 Å². The van der Waals surface area contributed by atoms with Crippen LogP contribution in [0.2, 0.25) is 0 Å². The van der Waals surface area contributed by atoms with Crippen molar-refractivity contribution in [2.75, 3.05) is 0 Å². The number of fused-ring (bicyclic) bond motifs is 1. The number of nitrogens with zero attached hydrogens (tertiary/aromatic N) is 2. The van der Waals surface area contributed by atoms with Gasteiger partial charge >= 0.3 is 0 Å². The van der Waals surface area contributed by atoms with Gasteiger partial charge < -0.3 is 4.98 Å². The second-order valence-electron chi connectivity index (χ2n) is 3.56. The molecule has 0 unspecified atom stereocenters. The van der Waals surface area contributed by atoms with Gasteiger partial charge in [0.15, 0.2) is 0 Å². The minimum absolute atomic E-state index is 0.387. The minimum Gasteiger partial charge on any atom is -0.358 e. The van der Waals surface area contributed by atoms with Crippen LogP contribution < -0.4 is 0 Å². The van der Waals surface area contributed by atoms with Crippen molar-refractivity contribution in [2.24, 2.45) is 0 Å². The number of aryl methyl sites for hydroxylation is 1. The predicted molar refractivity (Wildman–Crippen MR) is 64.1 cm³/mol. The van der Waals surface area contributed by atoms with E-state index in [0.717, 1.165) is 22.6 Å². The van der Waals surface area contributed by atoms with Crippen LogP contribution in [-0.4, -0.2) is 15.0 Å². The van der Waals surface area contributed by atoms with Gasteiger partial charge in [0, 0.05) is 12.1 Å². The van der Waals surface area contributed by atoms with Crippen molar-refractivity contribution in [1.82, 2.24) is 15.0 Å². The van der Waals surface area contributed by atoms with E-state index in [0.29, 0.717) is 5.92 Å². The summed E-state index contributed by atoms with van der Waals surface area (Å²) in [5.41, 5.74) is 3.08. The molecule has 0 spiro atoms. The average Bonchev–Trinajstić information content (AvgIpc) is 2.69. The Balaban J connectivity index is 0.000000531. The molecule has 0 atom stereocenters. The second-order valence-corrected chi connectivity index (χ2v) is 3.56. The Morgan fingerprint density at radius 2 is 1.87 bits per heavy atom. The van der Waals surface area contributed by atoms with Gasteiger partial charge in [0.25, 0.3) is 0 Å². The van der Waals surface area contributed by atoms with Gasteiger partial charge in [-0.3, -0.25) is 0 Å². The van der Waals surface area contributed by atoms with Crippen LogP contribution in [0.5, 0.6) is 0 Å². The second kappa shape index (κ2) is 4.91. The predicted octanol–water partition coefficient (Wildman–Crippen LogP) is 3.42. The van der Waals surface area contributed by atoms with E-state index in [9.17, 15) is 0 Å². The van der Waals surface area contributed by atoms with Crippen molar-refractivity contribution < 1.29 is 0 Å². The molecule has 0 bridgehead atoms. The van der Waals surface area contributed by atoms with E-state index in [2.05, 4.69) is 28.8 Å². The van der Waals surface area contributed by atoms with Crippen LogP contribution in [0.1, 0.15) is 45.1 Å². The summed E-state index contributed by atoms with van der Waals surface area (Å²) < 4.78 is 0. The summed E-state index contributed by atoms with van der Waals surface area (Å²) in [7, 11) is 0. The lowest BCUT2D eigenvalue weighted by Crippen LogP contribution is -1.99. The van der Waals surface area contributed by atoms with E-state index in [-0.39, 0.29) is 0 Å². The molecule has 0 saturated carbocycles. The lowest BCUT2D eigenvalue weighted by atomic mass is 10.2. The molecule has 0 radical (unpaired) electrons. The molecule has 3 nitrogen and oxygen atoms in total. The smallest absolute Gasteiger partial charge is 0.131 e. The molecule has 3 heteroatoms. The van der Waals surface area contributed by atoms with E-state index in [4.69, 9.17) is 0 Å². The van der Waals surface area contributed by atoms with Crippen LogP contribution in [0.3, 0.4) is 0 Å². The largest absolute Gasteiger partial charge is 0.358 e. The zero-order valence-corrected chi connectivity index (χ0v) is 10.1. The lowest BCUT2D eigenvalue weighted by molar-refractivity contribution is 0.776. The van der Waals surface area contributed by atoms with Gasteiger partial charge in [-0.05, 0) is 13.0 Å². The van der Waals surface area contributed by atoms with Crippen LogP contribution in [0.15, 0.2) is 12.3 Å². The molecule has 2 aromatic heterocycles. The number of aromatic amines is 1. The van der Waals surface area contributed by atoms with Gasteiger partial charge in [-0.2, -0.15) is 0 Å². The fourth-order valence-electron chi connectivity index (χ4n) is 1.38. The van der Waals surface area contributed by atoms with E-state index in [1.807, 2.05) is 33.0 Å². The number of nitrogens with one attached hydrogen (secondary N) is 1. The summed E-state index contributed by atoms with van der Waals surface area (Å²) in [6.07, 6.45) is 1.90. The molecule has 0 amide bonds. The molecule has 0 aliphatic rings. The molecule has 82 valence electrons. The molecule has 0 aliphatic heterocycles. The Morgan fingerprint density at radius 3 is 2.47 bits per heavy atom. The van der Waals surface area contributed by atoms with Gasteiger partial charge in [0.2, 0.25) is 0 Å². The highest BCUT2D eigenvalue weighted by Crippen LogP contribution is 2.16. The maximum atomic E-state index is 4.45. The summed E-state index contributed by atoms with van der Waals surface area (Å²) >= 11 is 0. The van der Waals surface area contributed by atoms with Crippen LogP contribution >= 0.6 is 0 Å². The van der Waals surface area contributed by atoms with Crippen molar-refractivity contribution >= 4 is 11.0 Å². The van der Waals surface area contributed by atoms with Crippen molar-refractivity contribution in [3.05, 3.63) is 23.8 Å². The highest BCUT2D eigenvalue weighted by molar-refractivity contribution is 5.76. The molecule has 2 heterocycles. The number of hydrogen-bond donors (Lipinski definition) is 1. The molecule has 2 aromatic rings. The summed E-state index contributed by atoms with van der Waals surface area (Å²) in [6.45, 7) is 10.2. The lowest BCUT2D eigenvalue weighted by Gasteiger charge is -2.04. The topological polar surface area (TPSA) is 41.6 Å². The number of H-pyrrole nitrogens is 1. The summed E-state index contributed by atoms with van der Waals surface area (Å²) in [6, 6.07) is 1.98. The van der Waals surface area contributed by atoms with Gasteiger partial charge in [-0.25, -0.2) is 9.97 Å². The summed E-state index contributed by atoms with van der Waals surface area (Å²) in [4.78, 5) is 12.0. The van der Waals surface area contributed by atoms with Gasteiger partial charge in [-0.15, -0.1) is 0 Å². The highest BCUT2D eigenvalue weighted by Gasteiger charge is 2.07. The fourth-order valence-corrected chi connectivity index (χ4v) is 1.38. The maximum Gasteiger partial charge on any atom is 0.131 e. The van der Waals surface area contributed by atoms with E-state index in [1.165, 1.54) is 0 Å². The van der Waals surface area contributed by atoms with E-state index >= 15 is 0 Å². The Morgan fingerprint density at radius 1 is 1.20 bits per heavy atom. The first-order chi connectivity index (χ1) is 7.18. The molecule has 0 aromatic carbocycles. The van der Waals surface area contributed by atoms with Crippen molar-refractivity contribution in [3.8, 4) is 0 Å². The van der Waals surface area contributed by atoms with Crippen LogP contribution in [0.4, 0.5) is 0 Å². The third-order valence-electron chi connectivity index (χ3n) is 2.12. The number of rotatable bonds is 1. The average molecular weight is 205 g/mol. The Bertz CT molecular complexity index is 429. The molecule has 2 rings (SSSR count). The third kappa shape index (κ3) is 2.35. The van der Waals surface area contributed by atoms with Crippen molar-refractivity contribution in [3.63, 3.8) is 0 Å². The fraction of sp³-hybridized carbons (Fsp3) is 0.500. The highest BCUT2D eigenvalue weighted by atomic mass is 14.9. The SMILES string of the molecule is CC.Cc1nc(C(C)C)nc2cc[nH]c12. The van der Waals surface area contributed by atoms with E-state index in [1.54, 1.807) is 0 Å². The first-order valence-corrected chi connectivity index (χ1v) is 5.50. The molecular weight excluding hydrogens is 186 g/mol. The maximum absolute atomic E-state index is 4.45. The number of hydrogen-bond acceptors (Lipinski definition) is 2. The number of aromatic nitrogens is 3. The van der Waals surface area contributed by atoms with Crippen LogP contribution in [-0.2, 0) is 0 Å². The quantitative estimate of drug-likeness (QED) is 0.775. The molecular formula is C12H19N3. The van der Waals surface area contributed by atoms with Gasteiger partial charge in [0.1, 0.15) is 5.82 Å². The first kappa shape index (κ1) is 11.7. The zero-order valence-electron chi connectivity index (χ0n) is 10.1. The minimum atomic E-state index is 0.387. The normalized spacial score (nSPS) is 10.3. The first-order valence-electron chi connectivity index (χ1n) is 5.50. The van der Waals surface area contributed by atoms with E-state index < -0.39 is 0 Å². The summed E-state index contributed by atoms with van der Waals surface area (Å²) in [5, 5.41) is 0. The zero-order chi connectivity index (χ0) is 11.4. The van der Waals surface area contributed by atoms with Gasteiger partial charge in [0.05, 0.1) is 16.7 Å². The summed E-state index contributed by atoms with van der Waals surface area (Å²) in [5.74, 6) is 1.31. The Hall–Kier alpha value is -1.38. The molecule has 0 aliphatic carbocycles. The standard InChI is InChI=1S/C10H13N3.C2H6/c1-6(2)10-12-7(3)9-8(13-10)4-5-11-9;1-2/h4-6,11H,1-3H3;1-2H3. The van der Waals surface area contributed by atoms with Crippen LogP contribution in [0, 0.1) is 6.92 Å². The van der Waals surface area contributed by atoms with Crippen molar-refractivity contribution in [2.45, 2.75) is 40.5 Å². The Labute approximate surface area is 91.0 Å². The third-order valence-corrected chi connectivity index (χ3v) is 2.12. The molecule has 0 saturated heterocycles. The van der Waals surface area contributed by atoms with Gasteiger partial charge in [-0.1, -0.05) is 27.7 Å². The monoisotopic (exact) mass is 205 g/mol. The van der Waals surface area contributed by atoms with Crippen LogP contribution in [0.25, 0.3) is 11.0 Å². The Kier molecular flexibility index (Phi) is 3.83. The molecule has 15 heavy (non-hydrogen) atoms. The molecule has 0 fully saturated rings.